The van der Waals surface area contributed by atoms with E-state index in [2.05, 4.69) is 35.5 Å². The van der Waals surface area contributed by atoms with Gasteiger partial charge in [-0.2, -0.15) is 13.2 Å². The smallest absolute Gasteiger partial charge is 0.421 e. The molecule has 2 amide bonds. The third-order valence-electron chi connectivity index (χ3n) is 6.39. The third-order valence-corrected chi connectivity index (χ3v) is 6.39. The summed E-state index contributed by atoms with van der Waals surface area (Å²) in [5, 5.41) is 5.08. The second kappa shape index (κ2) is 10.4. The first-order chi connectivity index (χ1) is 18.6. The number of pyridine rings is 1. The molecule has 39 heavy (non-hydrogen) atoms. The zero-order valence-electron chi connectivity index (χ0n) is 20.6. The largest absolute Gasteiger partial charge is 0.474 e. The highest BCUT2D eigenvalue weighted by Gasteiger charge is 2.37. The maximum Gasteiger partial charge on any atom is 0.421 e. The van der Waals surface area contributed by atoms with Crippen molar-refractivity contribution in [2.24, 2.45) is 0 Å². The molecule has 1 fully saturated rings. The molecule has 0 atom stereocenters. The first-order valence-corrected chi connectivity index (χ1v) is 12.0. The summed E-state index contributed by atoms with van der Waals surface area (Å²) < 4.78 is 61.6. The lowest BCUT2D eigenvalue weighted by Gasteiger charge is -2.29. The van der Waals surface area contributed by atoms with E-state index in [0.717, 1.165) is 12.3 Å². The maximum absolute atomic E-state index is 14.9. The van der Waals surface area contributed by atoms with Gasteiger partial charge in [0.15, 0.2) is 0 Å². The van der Waals surface area contributed by atoms with Crippen LogP contribution in [0.1, 0.15) is 18.4 Å². The lowest BCUT2D eigenvalue weighted by molar-refractivity contribution is -0.139. The van der Waals surface area contributed by atoms with Crippen LogP contribution in [0, 0.1) is 5.82 Å². The summed E-state index contributed by atoms with van der Waals surface area (Å²) in [4.78, 5) is 29.3. The Hall–Kier alpha value is -4.46. The number of nitrogens with zero attached hydrogens (tertiary/aromatic N) is 4. The van der Waals surface area contributed by atoms with Crippen molar-refractivity contribution in [3.63, 3.8) is 0 Å². The average Bonchev–Trinajstić information content (AvgIpc) is 3.32. The fraction of sp³-hybridized carbons (Fsp3) is 0.280. The summed E-state index contributed by atoms with van der Waals surface area (Å²) in [6.45, 7) is 1.40. The van der Waals surface area contributed by atoms with Crippen molar-refractivity contribution in [1.29, 1.82) is 0 Å². The minimum Gasteiger partial charge on any atom is -0.474 e. The number of rotatable bonds is 5. The van der Waals surface area contributed by atoms with Crippen LogP contribution in [0.5, 0.6) is 5.88 Å². The molecular weight excluding hydrogens is 520 g/mol. The Morgan fingerprint density at radius 2 is 1.92 bits per heavy atom. The Balaban J connectivity index is 1.30. The predicted octanol–water partition coefficient (Wildman–Crippen LogP) is 4.88. The van der Waals surface area contributed by atoms with Crippen LogP contribution in [-0.4, -0.2) is 57.1 Å². The number of benzene rings is 1. The predicted molar refractivity (Wildman–Crippen MR) is 137 cm³/mol. The zero-order valence-corrected chi connectivity index (χ0v) is 20.6. The Morgan fingerprint density at radius 1 is 1.15 bits per heavy atom. The molecule has 3 aromatic heterocycles. The van der Waals surface area contributed by atoms with Crippen LogP contribution < -0.4 is 21.1 Å². The Morgan fingerprint density at radius 3 is 2.64 bits per heavy atom. The quantitative estimate of drug-likeness (QED) is 0.263. The van der Waals surface area contributed by atoms with Gasteiger partial charge in [0.1, 0.15) is 35.3 Å². The van der Waals surface area contributed by atoms with Crippen molar-refractivity contribution in [2.45, 2.75) is 25.1 Å². The molecule has 4 aromatic rings. The van der Waals surface area contributed by atoms with Gasteiger partial charge >= 0.3 is 12.2 Å². The van der Waals surface area contributed by atoms with E-state index in [1.165, 1.54) is 18.5 Å². The van der Waals surface area contributed by atoms with Crippen LogP contribution in [0.4, 0.5) is 39.5 Å². The summed E-state index contributed by atoms with van der Waals surface area (Å²) in [6.07, 6.45) is -0.0459. The minimum absolute atomic E-state index is 0.188. The number of anilines is 3. The van der Waals surface area contributed by atoms with Gasteiger partial charge in [-0.25, -0.2) is 24.1 Å². The van der Waals surface area contributed by atoms with Crippen LogP contribution in [0.2, 0.25) is 0 Å². The van der Waals surface area contributed by atoms with Gasteiger partial charge in [0.25, 0.3) is 0 Å². The van der Waals surface area contributed by atoms with E-state index in [4.69, 9.17) is 10.5 Å². The molecule has 1 saturated heterocycles. The molecule has 14 heteroatoms. The molecule has 0 bridgehead atoms. The number of aromatic nitrogens is 4. The number of nitrogens with two attached hydrogens (primary N) is 1. The second-order valence-corrected chi connectivity index (χ2v) is 9.15. The lowest BCUT2D eigenvalue weighted by Crippen LogP contribution is -2.36. The molecule has 4 heterocycles. The van der Waals surface area contributed by atoms with Crippen molar-refractivity contribution in [3.05, 3.63) is 54.4 Å². The SMILES string of the molecule is CN1CCC(Oc2ncc(NC(=O)Nc3ccc(-c4c[nH]c5ncnc(N)c45)cc3F)cc2C(F)(F)F)CC1. The third kappa shape index (κ3) is 5.70. The number of urea groups is 1. The van der Waals surface area contributed by atoms with Crippen LogP contribution in [0.3, 0.4) is 0 Å². The van der Waals surface area contributed by atoms with Crippen LogP contribution in [0.15, 0.2) is 43.0 Å². The average molecular weight is 545 g/mol. The van der Waals surface area contributed by atoms with Crippen LogP contribution >= 0.6 is 0 Å². The van der Waals surface area contributed by atoms with Crippen molar-refractivity contribution in [2.75, 3.05) is 36.5 Å². The fourth-order valence-electron chi connectivity index (χ4n) is 4.36. The van der Waals surface area contributed by atoms with Crippen molar-refractivity contribution in [1.82, 2.24) is 24.8 Å². The number of fused-ring (bicyclic) bond motifs is 1. The number of nitrogen functional groups attached to an aromatic ring is 1. The highest BCUT2D eigenvalue weighted by atomic mass is 19.4. The summed E-state index contributed by atoms with van der Waals surface area (Å²) in [5.41, 5.74) is 5.88. The topological polar surface area (TPSA) is 134 Å². The van der Waals surface area contributed by atoms with Gasteiger partial charge in [0.05, 0.1) is 23.0 Å². The Bertz CT molecular complexity index is 1520. The number of aromatic amines is 1. The number of likely N-dealkylation sites (tertiary alicyclic amines) is 1. The van der Waals surface area contributed by atoms with E-state index in [-0.39, 0.29) is 17.2 Å². The molecule has 0 aliphatic carbocycles. The van der Waals surface area contributed by atoms with Crippen LogP contribution in [-0.2, 0) is 6.18 Å². The number of carbonyl (C=O) groups is 1. The molecule has 204 valence electrons. The number of carbonyl (C=O) groups excluding carboxylic acids is 1. The first kappa shape index (κ1) is 26.2. The first-order valence-electron chi connectivity index (χ1n) is 12.0. The lowest BCUT2D eigenvalue weighted by atomic mass is 10.1. The summed E-state index contributed by atoms with van der Waals surface area (Å²) in [6, 6.07) is 3.83. The number of hydrogen-bond donors (Lipinski definition) is 4. The molecular formula is C25H24F4N8O2. The van der Waals surface area contributed by atoms with E-state index in [1.807, 2.05) is 7.05 Å². The number of alkyl halides is 3. The van der Waals surface area contributed by atoms with Crippen molar-refractivity contribution < 1.29 is 27.1 Å². The maximum atomic E-state index is 14.9. The van der Waals surface area contributed by atoms with E-state index < -0.39 is 35.6 Å². The molecule has 5 rings (SSSR count). The minimum atomic E-state index is -4.76. The molecule has 1 aliphatic heterocycles. The summed E-state index contributed by atoms with van der Waals surface area (Å²) in [7, 11) is 1.93. The monoisotopic (exact) mass is 544 g/mol. The number of ether oxygens (including phenoxy) is 1. The number of hydrogen-bond acceptors (Lipinski definition) is 7. The molecule has 10 nitrogen and oxygen atoms in total. The number of H-pyrrole nitrogens is 1. The molecule has 0 radical (unpaired) electrons. The normalized spacial score (nSPS) is 14.9. The summed E-state index contributed by atoms with van der Waals surface area (Å²) in [5.74, 6) is -1.11. The van der Waals surface area contributed by atoms with Crippen molar-refractivity contribution in [3.8, 4) is 17.0 Å². The molecule has 1 aliphatic rings. The van der Waals surface area contributed by atoms with Crippen molar-refractivity contribution >= 4 is 34.3 Å². The van der Waals surface area contributed by atoms with Gasteiger partial charge in [-0.1, -0.05) is 6.07 Å². The van der Waals surface area contributed by atoms with E-state index in [9.17, 15) is 22.4 Å². The number of amides is 2. The van der Waals surface area contributed by atoms with Gasteiger partial charge in [0, 0.05) is 24.8 Å². The zero-order chi connectivity index (χ0) is 27.7. The standard InChI is InChI=1S/C25H24F4N8O2/c1-37-6-4-15(5-7-37)39-23-17(25(27,28)29)9-14(10-32-23)35-24(38)36-19-3-2-13(8-18(19)26)16-11-31-22-20(16)21(30)33-12-34-22/h2-3,8-12,15H,4-7H2,1H3,(H2,35,36,38)(H3,30,31,33,34). The molecule has 0 saturated carbocycles. The molecule has 0 unspecified atom stereocenters. The second-order valence-electron chi connectivity index (χ2n) is 9.15. The van der Waals surface area contributed by atoms with E-state index >= 15 is 0 Å². The fourth-order valence-corrected chi connectivity index (χ4v) is 4.36. The van der Waals surface area contributed by atoms with Gasteiger partial charge in [-0.05, 0) is 43.7 Å². The Labute approximate surface area is 219 Å². The highest BCUT2D eigenvalue weighted by molar-refractivity contribution is 6.02. The molecule has 1 aromatic carbocycles. The van der Waals surface area contributed by atoms with Gasteiger partial charge in [-0.3, -0.25) is 0 Å². The Kier molecular flexibility index (Phi) is 6.95. The molecule has 5 N–H and O–H groups in total. The van der Waals surface area contributed by atoms with Crippen LogP contribution in [0.25, 0.3) is 22.2 Å². The summed E-state index contributed by atoms with van der Waals surface area (Å²) >= 11 is 0. The van der Waals surface area contributed by atoms with Gasteiger partial charge in [-0.15, -0.1) is 0 Å². The number of piperidine rings is 1. The number of nitrogens with one attached hydrogen (secondary N) is 3. The highest BCUT2D eigenvalue weighted by Crippen LogP contribution is 2.37. The van der Waals surface area contributed by atoms with Gasteiger partial charge in [0.2, 0.25) is 5.88 Å². The van der Waals surface area contributed by atoms with E-state index in [0.29, 0.717) is 48.1 Å². The molecule has 0 spiro atoms. The number of halogens is 4. The van der Waals surface area contributed by atoms with Gasteiger partial charge < -0.3 is 31.0 Å². The van der Waals surface area contributed by atoms with E-state index in [1.54, 1.807) is 12.3 Å².